The van der Waals surface area contributed by atoms with Crippen LogP contribution in [-0.2, 0) is 10.2 Å². The van der Waals surface area contributed by atoms with E-state index in [1.807, 2.05) is 30.3 Å². The number of rotatable bonds is 4. The highest BCUT2D eigenvalue weighted by Gasteiger charge is 2.45. The number of pyridine rings is 1. The minimum Gasteiger partial charge on any atom is -0.503 e. The number of anilines is 1. The monoisotopic (exact) mass is 418 g/mol. The van der Waals surface area contributed by atoms with Gasteiger partial charge in [0.1, 0.15) is 0 Å². The van der Waals surface area contributed by atoms with Crippen LogP contribution in [0.2, 0.25) is 0 Å². The molecule has 1 amide bonds. The minimum atomic E-state index is -0.749. The average Bonchev–Trinajstić information content (AvgIpc) is 3.35. The second-order valence-corrected chi connectivity index (χ2v) is 9.18. The van der Waals surface area contributed by atoms with Gasteiger partial charge in [0, 0.05) is 18.1 Å². The fraction of sp³-hybridized carbons (Fsp3) is 0.208. The molecule has 152 valence electrons. The first-order valence-corrected chi connectivity index (χ1v) is 10.5. The number of amides is 1. The van der Waals surface area contributed by atoms with Crippen molar-refractivity contribution in [1.29, 1.82) is 0 Å². The highest BCUT2D eigenvalue weighted by molar-refractivity contribution is 7.12. The molecule has 0 bridgehead atoms. The van der Waals surface area contributed by atoms with Crippen molar-refractivity contribution in [2.45, 2.75) is 32.2 Å². The zero-order valence-corrected chi connectivity index (χ0v) is 17.8. The van der Waals surface area contributed by atoms with Crippen molar-refractivity contribution in [2.75, 3.05) is 4.90 Å². The lowest BCUT2D eigenvalue weighted by Gasteiger charge is -2.27. The third kappa shape index (κ3) is 3.44. The van der Waals surface area contributed by atoms with Gasteiger partial charge < -0.3 is 5.11 Å². The largest absolute Gasteiger partial charge is 0.503 e. The van der Waals surface area contributed by atoms with E-state index >= 15 is 0 Å². The summed E-state index contributed by atoms with van der Waals surface area (Å²) in [7, 11) is 0. The fourth-order valence-electron chi connectivity index (χ4n) is 3.62. The summed E-state index contributed by atoms with van der Waals surface area (Å²) < 4.78 is 0. The Kier molecular flexibility index (Phi) is 5.03. The summed E-state index contributed by atoms with van der Waals surface area (Å²) in [6.45, 7) is 6.35. The Morgan fingerprint density at radius 3 is 2.40 bits per heavy atom. The maximum atomic E-state index is 13.2. The zero-order chi connectivity index (χ0) is 21.5. The van der Waals surface area contributed by atoms with Crippen LogP contribution in [0, 0.1) is 0 Å². The molecular formula is C24H22N2O3S. The summed E-state index contributed by atoms with van der Waals surface area (Å²) in [6.07, 6.45) is 3.25. The van der Waals surface area contributed by atoms with E-state index in [4.69, 9.17) is 0 Å². The summed E-state index contributed by atoms with van der Waals surface area (Å²) in [4.78, 5) is 32.4. The summed E-state index contributed by atoms with van der Waals surface area (Å²) >= 11 is 1.28. The van der Waals surface area contributed by atoms with Gasteiger partial charge in [-0.2, -0.15) is 0 Å². The van der Waals surface area contributed by atoms with Gasteiger partial charge in [0.25, 0.3) is 5.91 Å². The number of carbonyl (C=O) groups excluding carboxylic acids is 2. The highest BCUT2D eigenvalue weighted by Crippen LogP contribution is 2.42. The van der Waals surface area contributed by atoms with Crippen LogP contribution >= 0.6 is 11.3 Å². The molecule has 1 aliphatic heterocycles. The highest BCUT2D eigenvalue weighted by atomic mass is 32.1. The van der Waals surface area contributed by atoms with Crippen LogP contribution in [0.15, 0.2) is 77.6 Å². The number of aliphatic hydroxyl groups excluding tert-OH is 1. The van der Waals surface area contributed by atoms with Crippen LogP contribution in [0.1, 0.15) is 47.6 Å². The molecule has 4 rings (SSSR count). The second-order valence-electron chi connectivity index (χ2n) is 8.23. The molecule has 2 aromatic heterocycles. The molecule has 5 nitrogen and oxygen atoms in total. The van der Waals surface area contributed by atoms with E-state index in [-0.39, 0.29) is 16.8 Å². The number of aromatic nitrogens is 1. The van der Waals surface area contributed by atoms with Gasteiger partial charge >= 0.3 is 0 Å². The van der Waals surface area contributed by atoms with Crippen LogP contribution in [0.4, 0.5) is 5.69 Å². The maximum Gasteiger partial charge on any atom is 0.294 e. The normalized spacial score (nSPS) is 17.0. The second kappa shape index (κ2) is 7.54. The van der Waals surface area contributed by atoms with Gasteiger partial charge in [-0.3, -0.25) is 19.5 Å². The standard InChI is InChI=1S/C24H22N2O3S/c1-24(2,3)16-8-10-17(11-9-16)26-20(15-6-4-12-25-14-15)19(22(28)23(26)29)21(27)18-7-5-13-30-18/h4-14,20,28H,1-3H3. The van der Waals surface area contributed by atoms with Crippen molar-refractivity contribution in [3.05, 3.63) is 93.6 Å². The van der Waals surface area contributed by atoms with E-state index in [2.05, 4.69) is 25.8 Å². The molecule has 0 fully saturated rings. The van der Waals surface area contributed by atoms with E-state index in [0.29, 0.717) is 16.1 Å². The molecule has 0 saturated carbocycles. The lowest BCUT2D eigenvalue weighted by molar-refractivity contribution is -0.117. The van der Waals surface area contributed by atoms with Crippen molar-refractivity contribution in [2.24, 2.45) is 0 Å². The quantitative estimate of drug-likeness (QED) is 0.590. The average molecular weight is 419 g/mol. The number of thiophene rings is 1. The number of hydrogen-bond donors (Lipinski definition) is 1. The van der Waals surface area contributed by atoms with Crippen LogP contribution in [0.5, 0.6) is 0 Å². The van der Waals surface area contributed by atoms with Crippen molar-refractivity contribution in [1.82, 2.24) is 4.98 Å². The molecule has 30 heavy (non-hydrogen) atoms. The molecule has 6 heteroatoms. The summed E-state index contributed by atoms with van der Waals surface area (Å²) in [6, 6.07) is 13.9. The SMILES string of the molecule is CC(C)(C)c1ccc(N2C(=O)C(O)=C(C(=O)c3cccs3)C2c2cccnc2)cc1. The maximum absolute atomic E-state index is 13.2. The smallest absolute Gasteiger partial charge is 0.294 e. The Balaban J connectivity index is 1.83. The van der Waals surface area contributed by atoms with Gasteiger partial charge in [-0.15, -0.1) is 11.3 Å². The van der Waals surface area contributed by atoms with Gasteiger partial charge in [0.2, 0.25) is 5.78 Å². The van der Waals surface area contributed by atoms with E-state index in [1.165, 1.54) is 16.2 Å². The molecular weight excluding hydrogens is 396 g/mol. The van der Waals surface area contributed by atoms with E-state index < -0.39 is 17.7 Å². The molecule has 3 aromatic rings. The number of Topliss-reactive ketones (excluding diaryl/α,β-unsaturated/α-hetero) is 1. The first kappa shape index (κ1) is 20.0. The molecule has 1 aliphatic rings. The molecule has 3 heterocycles. The van der Waals surface area contributed by atoms with Gasteiger partial charge in [0.15, 0.2) is 5.76 Å². The Bertz CT molecular complexity index is 1110. The van der Waals surface area contributed by atoms with Crippen molar-refractivity contribution in [3.8, 4) is 0 Å². The van der Waals surface area contributed by atoms with Crippen LogP contribution < -0.4 is 4.90 Å². The van der Waals surface area contributed by atoms with Crippen LogP contribution in [-0.4, -0.2) is 21.8 Å². The van der Waals surface area contributed by atoms with Gasteiger partial charge in [-0.1, -0.05) is 45.0 Å². The van der Waals surface area contributed by atoms with Crippen LogP contribution in [0.3, 0.4) is 0 Å². The third-order valence-corrected chi connectivity index (χ3v) is 6.08. The van der Waals surface area contributed by atoms with E-state index in [9.17, 15) is 14.7 Å². The molecule has 0 saturated heterocycles. The molecule has 0 spiro atoms. The first-order chi connectivity index (χ1) is 14.3. The van der Waals surface area contributed by atoms with Gasteiger partial charge in [-0.25, -0.2) is 0 Å². The number of benzene rings is 1. The Morgan fingerprint density at radius 2 is 1.83 bits per heavy atom. The molecule has 0 aliphatic carbocycles. The van der Waals surface area contributed by atoms with E-state index in [0.717, 1.165) is 5.56 Å². The van der Waals surface area contributed by atoms with Crippen molar-refractivity contribution < 1.29 is 14.7 Å². The summed E-state index contributed by atoms with van der Waals surface area (Å²) in [5.74, 6) is -1.45. The van der Waals surface area contributed by atoms with Gasteiger partial charge in [0.05, 0.1) is 16.5 Å². The molecule has 1 atom stereocenters. The van der Waals surface area contributed by atoms with Gasteiger partial charge in [-0.05, 0) is 46.2 Å². The lowest BCUT2D eigenvalue weighted by Crippen LogP contribution is -2.31. The van der Waals surface area contributed by atoms with Crippen LogP contribution in [0.25, 0.3) is 0 Å². The minimum absolute atomic E-state index is 0.0308. The summed E-state index contributed by atoms with van der Waals surface area (Å²) in [5.41, 5.74) is 2.45. The fourth-order valence-corrected chi connectivity index (χ4v) is 4.30. The van der Waals surface area contributed by atoms with Crippen molar-refractivity contribution >= 4 is 28.7 Å². The Hall–Kier alpha value is -3.25. The number of nitrogens with zero attached hydrogens (tertiary/aromatic N) is 2. The molecule has 0 radical (unpaired) electrons. The number of aliphatic hydroxyl groups is 1. The number of ketones is 1. The van der Waals surface area contributed by atoms with Crippen molar-refractivity contribution in [3.63, 3.8) is 0 Å². The zero-order valence-electron chi connectivity index (χ0n) is 17.0. The predicted octanol–water partition coefficient (Wildman–Crippen LogP) is 5.22. The molecule has 1 aromatic carbocycles. The molecule has 1 unspecified atom stereocenters. The summed E-state index contributed by atoms with van der Waals surface area (Å²) in [5, 5.41) is 12.5. The van der Waals surface area contributed by atoms with E-state index in [1.54, 1.807) is 36.0 Å². The third-order valence-electron chi connectivity index (χ3n) is 5.21. The first-order valence-electron chi connectivity index (χ1n) is 9.64. The predicted molar refractivity (Wildman–Crippen MR) is 118 cm³/mol. The number of hydrogen-bond acceptors (Lipinski definition) is 5. The topological polar surface area (TPSA) is 70.5 Å². The molecule has 1 N–H and O–H groups in total. The Morgan fingerprint density at radius 1 is 1.10 bits per heavy atom. The number of carbonyl (C=O) groups is 2. The lowest BCUT2D eigenvalue weighted by atomic mass is 9.87. The Labute approximate surface area is 179 Å².